The van der Waals surface area contributed by atoms with Crippen molar-refractivity contribution in [3.8, 4) is 11.8 Å². The molecule has 1 heterocycles. The van der Waals surface area contributed by atoms with E-state index in [0.717, 1.165) is 5.69 Å². The predicted octanol–water partition coefficient (Wildman–Crippen LogP) is 1.08. The Kier molecular flexibility index (Phi) is 3.17. The quantitative estimate of drug-likeness (QED) is 0.554. The highest BCUT2D eigenvalue weighted by molar-refractivity contribution is 5.26. The molecule has 0 spiro atoms. The summed E-state index contributed by atoms with van der Waals surface area (Å²) in [7, 11) is 1.62. The van der Waals surface area contributed by atoms with Gasteiger partial charge >= 0.3 is 0 Å². The number of methoxy groups -OCH3 is 1. The van der Waals surface area contributed by atoms with E-state index in [0.29, 0.717) is 6.61 Å². The molecule has 0 aliphatic carbocycles. The van der Waals surface area contributed by atoms with E-state index in [2.05, 4.69) is 16.8 Å². The molecule has 0 saturated heterocycles. The second-order valence-corrected chi connectivity index (χ2v) is 1.95. The van der Waals surface area contributed by atoms with E-state index in [4.69, 9.17) is 4.74 Å². The second-order valence-electron chi connectivity index (χ2n) is 1.95. The molecule has 0 unspecified atom stereocenters. The molecule has 0 aromatic carbocycles. The van der Waals surface area contributed by atoms with Crippen molar-refractivity contribution < 1.29 is 4.74 Å². The van der Waals surface area contributed by atoms with Crippen LogP contribution in [0, 0.1) is 11.8 Å². The highest BCUT2D eigenvalue weighted by Gasteiger charge is 1.80. The minimum absolute atomic E-state index is 0.455. The lowest BCUT2D eigenvalue weighted by atomic mass is 10.3. The summed E-state index contributed by atoms with van der Waals surface area (Å²) in [5.41, 5.74) is 0.782. The lowest BCUT2D eigenvalue weighted by Gasteiger charge is -1.85. The van der Waals surface area contributed by atoms with Crippen molar-refractivity contribution in [1.82, 2.24) is 4.98 Å². The summed E-state index contributed by atoms with van der Waals surface area (Å²) < 4.78 is 4.76. The normalized spacial score (nSPS) is 8.45. The first kappa shape index (κ1) is 7.77. The Bertz CT molecular complexity index is 258. The molecule has 2 heteroatoms. The third-order valence-electron chi connectivity index (χ3n) is 1.10. The molecule has 0 radical (unpaired) electrons. The lowest BCUT2D eigenvalue weighted by Crippen LogP contribution is -1.83. The molecule has 0 N–H and O–H groups in total. The molecular formula is C9H9NO. The molecule has 0 aliphatic heterocycles. The summed E-state index contributed by atoms with van der Waals surface area (Å²) in [6, 6.07) is 5.63. The third kappa shape index (κ3) is 2.83. The lowest BCUT2D eigenvalue weighted by molar-refractivity contribution is 0.240. The number of rotatable bonds is 1. The molecule has 0 saturated carbocycles. The van der Waals surface area contributed by atoms with Crippen molar-refractivity contribution in [2.45, 2.75) is 0 Å². The third-order valence-corrected chi connectivity index (χ3v) is 1.10. The zero-order chi connectivity index (χ0) is 7.94. The van der Waals surface area contributed by atoms with E-state index in [1.807, 2.05) is 18.2 Å². The van der Waals surface area contributed by atoms with Crippen LogP contribution in [-0.4, -0.2) is 18.7 Å². The summed E-state index contributed by atoms with van der Waals surface area (Å²) in [5, 5.41) is 0. The van der Waals surface area contributed by atoms with Crippen molar-refractivity contribution in [1.29, 1.82) is 0 Å². The topological polar surface area (TPSA) is 22.1 Å². The van der Waals surface area contributed by atoms with Gasteiger partial charge in [0, 0.05) is 13.3 Å². The summed E-state index contributed by atoms with van der Waals surface area (Å²) in [5.74, 6) is 5.68. The Morgan fingerprint density at radius 1 is 1.55 bits per heavy atom. The Labute approximate surface area is 66.2 Å². The van der Waals surface area contributed by atoms with Crippen molar-refractivity contribution in [2.24, 2.45) is 0 Å². The number of hydrogen-bond donors (Lipinski definition) is 0. The zero-order valence-corrected chi connectivity index (χ0v) is 6.37. The Morgan fingerprint density at radius 3 is 3.09 bits per heavy atom. The van der Waals surface area contributed by atoms with E-state index in [1.54, 1.807) is 13.3 Å². The van der Waals surface area contributed by atoms with Crippen LogP contribution in [0.4, 0.5) is 0 Å². The molecular weight excluding hydrogens is 138 g/mol. The monoisotopic (exact) mass is 147 g/mol. The van der Waals surface area contributed by atoms with Gasteiger partial charge in [0.2, 0.25) is 0 Å². The van der Waals surface area contributed by atoms with Crippen LogP contribution in [0.25, 0.3) is 0 Å². The molecule has 1 aromatic rings. The number of aromatic nitrogens is 1. The van der Waals surface area contributed by atoms with Crippen molar-refractivity contribution in [2.75, 3.05) is 13.7 Å². The molecule has 0 fully saturated rings. The Balaban J connectivity index is 2.59. The second kappa shape index (κ2) is 4.48. The molecule has 0 aliphatic rings. The molecule has 1 aromatic heterocycles. The fourth-order valence-corrected chi connectivity index (χ4v) is 0.636. The van der Waals surface area contributed by atoms with Crippen LogP contribution < -0.4 is 0 Å². The van der Waals surface area contributed by atoms with E-state index in [9.17, 15) is 0 Å². The SMILES string of the molecule is COCC#Cc1ccccn1. The predicted molar refractivity (Wildman–Crippen MR) is 43.0 cm³/mol. The summed E-state index contributed by atoms with van der Waals surface area (Å²) in [6.45, 7) is 0.455. The zero-order valence-electron chi connectivity index (χ0n) is 6.37. The summed E-state index contributed by atoms with van der Waals surface area (Å²) in [6.07, 6.45) is 1.72. The molecule has 1 rings (SSSR count). The summed E-state index contributed by atoms with van der Waals surface area (Å²) in [4.78, 5) is 4.02. The van der Waals surface area contributed by atoms with Gasteiger partial charge in [0.15, 0.2) is 0 Å². The molecule has 0 amide bonds. The van der Waals surface area contributed by atoms with Crippen molar-refractivity contribution in [3.63, 3.8) is 0 Å². The fourth-order valence-electron chi connectivity index (χ4n) is 0.636. The highest BCUT2D eigenvalue weighted by atomic mass is 16.5. The standard InChI is InChI=1S/C9H9NO/c1-11-8-4-6-9-5-2-3-7-10-9/h2-3,5,7H,8H2,1H3. The first-order chi connectivity index (χ1) is 5.43. The van der Waals surface area contributed by atoms with Gasteiger partial charge in [-0.15, -0.1) is 0 Å². The van der Waals surface area contributed by atoms with Crippen LogP contribution >= 0.6 is 0 Å². The molecule has 2 nitrogen and oxygen atoms in total. The number of hydrogen-bond acceptors (Lipinski definition) is 2. The van der Waals surface area contributed by atoms with Crippen LogP contribution in [0.15, 0.2) is 24.4 Å². The largest absolute Gasteiger partial charge is 0.372 e. The molecule has 56 valence electrons. The van der Waals surface area contributed by atoms with Crippen LogP contribution in [0.2, 0.25) is 0 Å². The van der Waals surface area contributed by atoms with E-state index >= 15 is 0 Å². The van der Waals surface area contributed by atoms with Gasteiger partial charge < -0.3 is 4.74 Å². The molecule has 11 heavy (non-hydrogen) atoms. The van der Waals surface area contributed by atoms with E-state index in [1.165, 1.54) is 0 Å². The van der Waals surface area contributed by atoms with Gasteiger partial charge in [0.1, 0.15) is 12.3 Å². The van der Waals surface area contributed by atoms with Crippen molar-refractivity contribution >= 4 is 0 Å². The number of ether oxygens (including phenoxy) is 1. The Morgan fingerprint density at radius 2 is 2.45 bits per heavy atom. The molecule has 0 atom stereocenters. The smallest absolute Gasteiger partial charge is 0.113 e. The van der Waals surface area contributed by atoms with Crippen LogP contribution in [0.1, 0.15) is 5.69 Å². The van der Waals surface area contributed by atoms with Gasteiger partial charge in [0.25, 0.3) is 0 Å². The summed E-state index contributed by atoms with van der Waals surface area (Å²) >= 11 is 0. The van der Waals surface area contributed by atoms with Crippen LogP contribution in [0.5, 0.6) is 0 Å². The van der Waals surface area contributed by atoms with Gasteiger partial charge in [-0.25, -0.2) is 4.98 Å². The maximum Gasteiger partial charge on any atom is 0.113 e. The van der Waals surface area contributed by atoms with Gasteiger partial charge in [-0.3, -0.25) is 0 Å². The van der Waals surface area contributed by atoms with Crippen LogP contribution in [-0.2, 0) is 4.74 Å². The minimum Gasteiger partial charge on any atom is -0.372 e. The average Bonchev–Trinajstić information content (AvgIpc) is 2.07. The Hall–Kier alpha value is -1.33. The first-order valence-electron chi connectivity index (χ1n) is 3.32. The van der Waals surface area contributed by atoms with E-state index in [-0.39, 0.29) is 0 Å². The number of nitrogens with zero attached hydrogens (tertiary/aromatic N) is 1. The highest BCUT2D eigenvalue weighted by Crippen LogP contribution is 1.88. The maximum atomic E-state index is 4.76. The minimum atomic E-state index is 0.455. The van der Waals surface area contributed by atoms with Gasteiger partial charge in [-0.1, -0.05) is 12.0 Å². The fraction of sp³-hybridized carbons (Fsp3) is 0.222. The van der Waals surface area contributed by atoms with Crippen molar-refractivity contribution in [3.05, 3.63) is 30.1 Å². The first-order valence-corrected chi connectivity index (χ1v) is 3.32. The average molecular weight is 147 g/mol. The van der Waals surface area contributed by atoms with Gasteiger partial charge in [-0.05, 0) is 18.1 Å². The van der Waals surface area contributed by atoms with Crippen LogP contribution in [0.3, 0.4) is 0 Å². The maximum absolute atomic E-state index is 4.76. The van der Waals surface area contributed by atoms with E-state index < -0.39 is 0 Å². The number of pyridine rings is 1. The molecule has 0 bridgehead atoms. The van der Waals surface area contributed by atoms with Gasteiger partial charge in [-0.2, -0.15) is 0 Å². The van der Waals surface area contributed by atoms with Gasteiger partial charge in [0.05, 0.1) is 0 Å².